The minimum absolute atomic E-state index is 0.0551. The highest BCUT2D eigenvalue weighted by molar-refractivity contribution is 6.10. The number of anilines is 1. The Hall–Kier alpha value is -3.20. The molecule has 0 spiro atoms. The van der Waals surface area contributed by atoms with Gasteiger partial charge in [-0.05, 0) is 48.7 Å². The highest BCUT2D eigenvalue weighted by atomic mass is 16.5. The van der Waals surface area contributed by atoms with Crippen LogP contribution in [0.25, 0.3) is 0 Å². The summed E-state index contributed by atoms with van der Waals surface area (Å²) in [6.45, 7) is 4.04. The number of carbonyl (C=O) groups excluding carboxylic acids is 2. The Kier molecular flexibility index (Phi) is 6.61. The predicted octanol–water partition coefficient (Wildman–Crippen LogP) is 2.57. The SMILES string of the molecule is O=Nc1ncccc1C(=O)c1cccc(N2CCCN(C(=O)C3CCOCC3)CC2)n1. The third-order valence-electron chi connectivity index (χ3n) is 5.79. The third-order valence-corrected chi connectivity index (χ3v) is 5.79. The van der Waals surface area contributed by atoms with Crippen LogP contribution in [0.2, 0.25) is 0 Å². The molecule has 9 heteroatoms. The Morgan fingerprint density at radius 1 is 1.03 bits per heavy atom. The molecule has 2 aromatic heterocycles. The largest absolute Gasteiger partial charge is 0.381 e. The van der Waals surface area contributed by atoms with E-state index in [4.69, 9.17) is 4.74 Å². The number of nitroso groups, excluding NO2 is 1. The molecule has 2 aromatic rings. The molecule has 0 atom stereocenters. The van der Waals surface area contributed by atoms with Gasteiger partial charge in [-0.3, -0.25) is 9.59 Å². The van der Waals surface area contributed by atoms with Crippen LogP contribution >= 0.6 is 0 Å². The van der Waals surface area contributed by atoms with Crippen molar-refractivity contribution >= 4 is 23.3 Å². The molecule has 0 aliphatic carbocycles. The summed E-state index contributed by atoms with van der Waals surface area (Å²) >= 11 is 0. The third kappa shape index (κ3) is 4.77. The fourth-order valence-corrected chi connectivity index (χ4v) is 4.08. The quantitative estimate of drug-likeness (QED) is 0.538. The first-order valence-corrected chi connectivity index (χ1v) is 10.6. The molecule has 2 aliphatic rings. The molecule has 162 valence electrons. The highest BCUT2D eigenvalue weighted by Crippen LogP contribution is 2.22. The fraction of sp³-hybridized carbons (Fsp3) is 0.455. The summed E-state index contributed by atoms with van der Waals surface area (Å²) in [7, 11) is 0. The van der Waals surface area contributed by atoms with Crippen LogP contribution in [0.15, 0.2) is 41.7 Å². The maximum Gasteiger partial charge on any atom is 0.225 e. The zero-order valence-corrected chi connectivity index (χ0v) is 17.3. The van der Waals surface area contributed by atoms with Gasteiger partial charge < -0.3 is 14.5 Å². The van der Waals surface area contributed by atoms with Gasteiger partial charge in [0.05, 0.1) is 5.56 Å². The van der Waals surface area contributed by atoms with Crippen molar-refractivity contribution in [2.24, 2.45) is 11.1 Å². The van der Waals surface area contributed by atoms with Gasteiger partial charge in [0.2, 0.25) is 17.5 Å². The van der Waals surface area contributed by atoms with Crippen molar-refractivity contribution in [2.75, 3.05) is 44.3 Å². The Morgan fingerprint density at radius 2 is 1.87 bits per heavy atom. The molecule has 0 aromatic carbocycles. The van der Waals surface area contributed by atoms with Crippen molar-refractivity contribution < 1.29 is 14.3 Å². The fourth-order valence-electron chi connectivity index (χ4n) is 4.08. The number of carbonyl (C=O) groups is 2. The number of amides is 1. The van der Waals surface area contributed by atoms with E-state index in [9.17, 15) is 14.5 Å². The lowest BCUT2D eigenvalue weighted by Gasteiger charge is -2.28. The Balaban J connectivity index is 1.46. The topological polar surface area (TPSA) is 105 Å². The van der Waals surface area contributed by atoms with Crippen LogP contribution in [0.3, 0.4) is 0 Å². The zero-order valence-electron chi connectivity index (χ0n) is 17.3. The average molecular weight is 423 g/mol. The van der Waals surface area contributed by atoms with Crippen molar-refractivity contribution in [3.05, 3.63) is 52.7 Å². The van der Waals surface area contributed by atoms with Gasteiger partial charge in [-0.2, -0.15) is 0 Å². The average Bonchev–Trinajstić information content (AvgIpc) is 3.10. The number of aromatic nitrogens is 2. The molecule has 0 bridgehead atoms. The molecule has 9 nitrogen and oxygen atoms in total. The molecule has 31 heavy (non-hydrogen) atoms. The standard InChI is InChI=1S/C22H25N5O4/c28-20(17-4-2-9-23-21(17)25-30)18-5-1-6-19(24-18)26-10-3-11-27(13-12-26)22(29)16-7-14-31-15-8-16/h1-2,4-6,9,16H,3,7-8,10-15H2. The number of hydrogen-bond acceptors (Lipinski definition) is 8. The van der Waals surface area contributed by atoms with Crippen LogP contribution < -0.4 is 4.90 Å². The van der Waals surface area contributed by atoms with E-state index in [-0.39, 0.29) is 28.9 Å². The lowest BCUT2D eigenvalue weighted by atomic mass is 9.98. The van der Waals surface area contributed by atoms with E-state index in [1.165, 1.54) is 12.3 Å². The summed E-state index contributed by atoms with van der Waals surface area (Å²) in [5, 5.41) is 2.84. The number of hydrogen-bond donors (Lipinski definition) is 0. The number of ether oxygens (including phenoxy) is 1. The van der Waals surface area contributed by atoms with E-state index in [1.54, 1.807) is 18.2 Å². The highest BCUT2D eigenvalue weighted by Gasteiger charge is 2.28. The summed E-state index contributed by atoms with van der Waals surface area (Å²) in [5.41, 5.74) is 0.362. The molecule has 0 N–H and O–H groups in total. The van der Waals surface area contributed by atoms with Crippen LogP contribution in [0.5, 0.6) is 0 Å². The van der Waals surface area contributed by atoms with Crippen LogP contribution in [0.4, 0.5) is 11.6 Å². The first-order chi connectivity index (χ1) is 15.2. The van der Waals surface area contributed by atoms with Crippen molar-refractivity contribution in [1.82, 2.24) is 14.9 Å². The first-order valence-electron chi connectivity index (χ1n) is 10.6. The summed E-state index contributed by atoms with van der Waals surface area (Å²) in [6.07, 6.45) is 3.83. The van der Waals surface area contributed by atoms with Crippen LogP contribution in [0.1, 0.15) is 35.3 Å². The van der Waals surface area contributed by atoms with Crippen molar-refractivity contribution in [1.29, 1.82) is 0 Å². The van der Waals surface area contributed by atoms with E-state index in [2.05, 4.69) is 20.0 Å². The number of nitrogens with zero attached hydrogens (tertiary/aromatic N) is 5. The molecule has 2 fully saturated rings. The number of pyridine rings is 2. The van der Waals surface area contributed by atoms with E-state index in [0.717, 1.165) is 32.4 Å². The van der Waals surface area contributed by atoms with Gasteiger partial charge in [0.15, 0.2) is 0 Å². The summed E-state index contributed by atoms with van der Waals surface area (Å²) < 4.78 is 5.37. The first kappa shape index (κ1) is 21.0. The van der Waals surface area contributed by atoms with E-state index in [1.807, 2.05) is 11.0 Å². The molecule has 4 heterocycles. The second-order valence-electron chi connectivity index (χ2n) is 7.73. The molecular formula is C22H25N5O4. The lowest BCUT2D eigenvalue weighted by Crippen LogP contribution is -2.40. The summed E-state index contributed by atoms with van der Waals surface area (Å²) in [6, 6.07) is 8.35. The van der Waals surface area contributed by atoms with Gasteiger partial charge in [-0.1, -0.05) is 6.07 Å². The zero-order chi connectivity index (χ0) is 21.6. The summed E-state index contributed by atoms with van der Waals surface area (Å²) in [4.78, 5) is 49.1. The molecule has 0 unspecified atom stereocenters. The second-order valence-corrected chi connectivity index (χ2v) is 7.73. The van der Waals surface area contributed by atoms with E-state index in [0.29, 0.717) is 32.1 Å². The Labute approximate surface area is 180 Å². The van der Waals surface area contributed by atoms with Crippen molar-refractivity contribution in [3.8, 4) is 0 Å². The second kappa shape index (κ2) is 9.74. The predicted molar refractivity (Wildman–Crippen MR) is 114 cm³/mol. The minimum Gasteiger partial charge on any atom is -0.381 e. The molecule has 2 aliphatic heterocycles. The minimum atomic E-state index is -0.393. The maximum absolute atomic E-state index is 12.9. The Bertz CT molecular complexity index is 960. The Morgan fingerprint density at radius 3 is 2.68 bits per heavy atom. The summed E-state index contributed by atoms with van der Waals surface area (Å²) in [5.74, 6) is 0.412. The van der Waals surface area contributed by atoms with E-state index >= 15 is 0 Å². The van der Waals surface area contributed by atoms with Crippen LogP contribution in [-0.4, -0.2) is 66.0 Å². The monoisotopic (exact) mass is 423 g/mol. The molecule has 2 saturated heterocycles. The van der Waals surface area contributed by atoms with Crippen molar-refractivity contribution in [2.45, 2.75) is 19.3 Å². The molecule has 0 saturated carbocycles. The number of rotatable bonds is 5. The molecule has 4 rings (SSSR count). The lowest BCUT2D eigenvalue weighted by molar-refractivity contribution is -0.138. The molecule has 0 radical (unpaired) electrons. The van der Waals surface area contributed by atoms with Gasteiger partial charge >= 0.3 is 0 Å². The maximum atomic E-state index is 12.9. The van der Waals surface area contributed by atoms with Crippen molar-refractivity contribution in [3.63, 3.8) is 0 Å². The number of ketones is 1. The van der Waals surface area contributed by atoms with Gasteiger partial charge in [0.1, 0.15) is 11.5 Å². The van der Waals surface area contributed by atoms with Crippen LogP contribution in [-0.2, 0) is 9.53 Å². The molecule has 1 amide bonds. The van der Waals surface area contributed by atoms with Gasteiger partial charge in [-0.15, -0.1) is 4.91 Å². The normalized spacial score (nSPS) is 17.8. The smallest absolute Gasteiger partial charge is 0.225 e. The van der Waals surface area contributed by atoms with E-state index < -0.39 is 5.78 Å². The molecular weight excluding hydrogens is 398 g/mol. The van der Waals surface area contributed by atoms with Gasteiger partial charge in [0.25, 0.3) is 0 Å². The van der Waals surface area contributed by atoms with Gasteiger partial charge in [-0.25, -0.2) is 9.97 Å². The van der Waals surface area contributed by atoms with Gasteiger partial charge in [0, 0.05) is 51.5 Å². The van der Waals surface area contributed by atoms with Crippen LogP contribution in [0, 0.1) is 10.8 Å².